The lowest BCUT2D eigenvalue weighted by molar-refractivity contribution is 0.238. The molecule has 6 nitrogen and oxygen atoms in total. The van der Waals surface area contributed by atoms with Gasteiger partial charge in [-0.1, -0.05) is 24.3 Å². The topological polar surface area (TPSA) is 68.2 Å². The molecule has 1 atom stereocenters. The van der Waals surface area contributed by atoms with E-state index in [-0.39, 0.29) is 11.8 Å². The highest BCUT2D eigenvalue weighted by Crippen LogP contribution is 2.24. The third-order valence-corrected chi connectivity index (χ3v) is 4.43. The number of aromatic nitrogens is 2. The summed E-state index contributed by atoms with van der Waals surface area (Å²) >= 11 is 0. The summed E-state index contributed by atoms with van der Waals surface area (Å²) < 4.78 is 20.1. The van der Waals surface area contributed by atoms with Crippen molar-refractivity contribution in [1.29, 1.82) is 0 Å². The third-order valence-electron chi connectivity index (χ3n) is 4.43. The molecule has 3 rings (SSSR count). The molecule has 0 aliphatic carbocycles. The quantitative estimate of drug-likeness (QED) is 0.659. The predicted octanol–water partition coefficient (Wildman–Crippen LogP) is 3.20. The summed E-state index contributed by atoms with van der Waals surface area (Å²) in [6, 6.07) is 13.0. The smallest absolute Gasteiger partial charge is 0.315 e. The van der Waals surface area contributed by atoms with E-state index in [2.05, 4.69) is 15.6 Å². The molecule has 2 aromatic carbocycles. The highest BCUT2D eigenvalue weighted by atomic mass is 19.1. The molecule has 0 fully saturated rings. The number of rotatable bonds is 7. The molecule has 28 heavy (non-hydrogen) atoms. The number of halogens is 1. The zero-order valence-corrected chi connectivity index (χ0v) is 15.9. The average Bonchev–Trinajstić information content (AvgIpc) is 3.13. The van der Waals surface area contributed by atoms with Crippen LogP contribution in [0.5, 0.6) is 5.75 Å². The van der Waals surface area contributed by atoms with Gasteiger partial charge in [-0.05, 0) is 41.8 Å². The summed E-state index contributed by atoms with van der Waals surface area (Å²) in [7, 11) is 3.48. The van der Waals surface area contributed by atoms with Gasteiger partial charge < -0.3 is 19.9 Å². The van der Waals surface area contributed by atoms with E-state index < -0.39 is 6.04 Å². The van der Waals surface area contributed by atoms with Crippen LogP contribution in [0.15, 0.2) is 60.9 Å². The van der Waals surface area contributed by atoms with Gasteiger partial charge in [0.2, 0.25) is 0 Å². The minimum Gasteiger partial charge on any atom is -0.497 e. The Morgan fingerprint density at radius 2 is 2.04 bits per heavy atom. The first-order valence-corrected chi connectivity index (χ1v) is 8.97. The van der Waals surface area contributed by atoms with Crippen molar-refractivity contribution in [3.63, 3.8) is 0 Å². The molecule has 2 N–H and O–H groups in total. The molecule has 0 aliphatic rings. The fraction of sp³-hybridized carbons (Fsp3) is 0.238. The van der Waals surface area contributed by atoms with Gasteiger partial charge in [-0.2, -0.15) is 0 Å². The first kappa shape index (κ1) is 19.4. The molecule has 0 saturated carbocycles. The van der Waals surface area contributed by atoms with E-state index in [1.807, 2.05) is 42.1 Å². The highest BCUT2D eigenvalue weighted by Gasteiger charge is 2.21. The number of benzene rings is 2. The van der Waals surface area contributed by atoms with Crippen molar-refractivity contribution >= 4 is 6.03 Å². The number of methoxy groups -OCH3 is 1. The molecule has 2 amide bonds. The molecule has 1 aromatic heterocycles. The van der Waals surface area contributed by atoms with Crippen LogP contribution in [0, 0.1) is 5.82 Å². The summed E-state index contributed by atoms with van der Waals surface area (Å²) in [4.78, 5) is 16.9. The normalized spacial score (nSPS) is 11.7. The Labute approximate surface area is 163 Å². The van der Waals surface area contributed by atoms with Gasteiger partial charge in [0, 0.05) is 26.0 Å². The summed E-state index contributed by atoms with van der Waals surface area (Å²) in [6.07, 6.45) is 4.13. The molecule has 3 aromatic rings. The van der Waals surface area contributed by atoms with Gasteiger partial charge >= 0.3 is 6.03 Å². The van der Waals surface area contributed by atoms with E-state index in [1.165, 1.54) is 12.1 Å². The minimum absolute atomic E-state index is 0.273. The first-order chi connectivity index (χ1) is 13.6. The summed E-state index contributed by atoms with van der Waals surface area (Å²) in [5, 5.41) is 5.82. The van der Waals surface area contributed by atoms with Crippen LogP contribution in [0.1, 0.15) is 23.0 Å². The molecule has 0 saturated heterocycles. The van der Waals surface area contributed by atoms with Gasteiger partial charge in [-0.15, -0.1) is 0 Å². The number of carbonyl (C=O) groups excluding carboxylic acids is 1. The van der Waals surface area contributed by atoms with Gasteiger partial charge in [0.25, 0.3) is 0 Å². The maximum Gasteiger partial charge on any atom is 0.315 e. The van der Waals surface area contributed by atoms with Crippen molar-refractivity contribution in [3.05, 3.63) is 83.7 Å². The van der Waals surface area contributed by atoms with Crippen LogP contribution < -0.4 is 15.4 Å². The van der Waals surface area contributed by atoms with Crippen molar-refractivity contribution in [2.24, 2.45) is 7.05 Å². The van der Waals surface area contributed by atoms with Crippen molar-refractivity contribution in [3.8, 4) is 5.75 Å². The predicted molar refractivity (Wildman–Crippen MR) is 105 cm³/mol. The average molecular weight is 382 g/mol. The van der Waals surface area contributed by atoms with E-state index in [4.69, 9.17) is 4.74 Å². The lowest BCUT2D eigenvalue weighted by Crippen LogP contribution is -2.40. The van der Waals surface area contributed by atoms with Crippen molar-refractivity contribution in [1.82, 2.24) is 20.2 Å². The number of urea groups is 1. The number of amides is 2. The molecule has 0 bridgehead atoms. The number of hydrogen-bond donors (Lipinski definition) is 2. The van der Waals surface area contributed by atoms with Gasteiger partial charge in [0.1, 0.15) is 23.4 Å². The molecule has 146 valence electrons. The van der Waals surface area contributed by atoms with Crippen LogP contribution in [-0.4, -0.2) is 29.2 Å². The number of aryl methyl sites for hydroxylation is 1. The number of nitrogens with one attached hydrogen (secondary N) is 2. The SMILES string of the molecule is COc1cccc(C(NC(=O)NCCc2ccc(F)cc2)c2nccn2C)c1. The van der Waals surface area contributed by atoms with Crippen LogP contribution in [0.4, 0.5) is 9.18 Å². The van der Waals surface area contributed by atoms with E-state index in [0.29, 0.717) is 24.5 Å². The molecule has 0 aliphatic heterocycles. The third kappa shape index (κ3) is 4.88. The van der Waals surface area contributed by atoms with Gasteiger partial charge in [0.15, 0.2) is 0 Å². The van der Waals surface area contributed by atoms with Crippen LogP contribution in [0.3, 0.4) is 0 Å². The number of imidazole rings is 1. The molecule has 0 radical (unpaired) electrons. The monoisotopic (exact) mass is 382 g/mol. The van der Waals surface area contributed by atoms with E-state index in [0.717, 1.165) is 11.1 Å². The highest BCUT2D eigenvalue weighted by molar-refractivity contribution is 5.74. The zero-order chi connectivity index (χ0) is 19.9. The van der Waals surface area contributed by atoms with E-state index in [9.17, 15) is 9.18 Å². The van der Waals surface area contributed by atoms with E-state index in [1.54, 1.807) is 25.4 Å². The maximum absolute atomic E-state index is 13.0. The Kier molecular flexibility index (Phi) is 6.26. The van der Waals surface area contributed by atoms with Crippen LogP contribution in [0.2, 0.25) is 0 Å². The standard InChI is InChI=1S/C21H23FN4O2/c1-26-13-12-23-20(26)19(16-4-3-5-18(14-16)28-2)25-21(27)24-11-10-15-6-8-17(22)9-7-15/h3-9,12-14,19H,10-11H2,1-2H3,(H2,24,25,27). The number of carbonyl (C=O) groups is 1. The van der Waals surface area contributed by atoms with Crippen molar-refractivity contribution in [2.75, 3.05) is 13.7 Å². The summed E-state index contributed by atoms with van der Waals surface area (Å²) in [5.41, 5.74) is 1.82. The Balaban J connectivity index is 1.67. The largest absolute Gasteiger partial charge is 0.497 e. The summed E-state index contributed by atoms with van der Waals surface area (Å²) in [5.74, 6) is 1.14. The van der Waals surface area contributed by atoms with Crippen molar-refractivity contribution in [2.45, 2.75) is 12.5 Å². The number of ether oxygens (including phenoxy) is 1. The van der Waals surface area contributed by atoms with Gasteiger partial charge in [0.05, 0.1) is 7.11 Å². The Bertz CT molecular complexity index is 924. The zero-order valence-electron chi connectivity index (χ0n) is 15.9. The molecular weight excluding hydrogens is 359 g/mol. The van der Waals surface area contributed by atoms with Crippen LogP contribution in [-0.2, 0) is 13.5 Å². The number of hydrogen-bond acceptors (Lipinski definition) is 3. The summed E-state index contributed by atoms with van der Waals surface area (Å²) in [6.45, 7) is 0.433. The first-order valence-electron chi connectivity index (χ1n) is 8.97. The molecule has 0 spiro atoms. The fourth-order valence-corrected chi connectivity index (χ4v) is 2.93. The van der Waals surface area contributed by atoms with Crippen LogP contribution in [0.25, 0.3) is 0 Å². The second-order valence-electron chi connectivity index (χ2n) is 6.38. The van der Waals surface area contributed by atoms with Crippen LogP contribution >= 0.6 is 0 Å². The Morgan fingerprint density at radius 3 is 2.71 bits per heavy atom. The van der Waals surface area contributed by atoms with Gasteiger partial charge in [-0.25, -0.2) is 14.2 Å². The minimum atomic E-state index is -0.430. The van der Waals surface area contributed by atoms with Crippen molar-refractivity contribution < 1.29 is 13.9 Å². The maximum atomic E-state index is 13.0. The number of nitrogens with zero attached hydrogens (tertiary/aromatic N) is 2. The molecular formula is C21H23FN4O2. The molecule has 1 heterocycles. The second kappa shape index (κ2) is 9.03. The molecule has 1 unspecified atom stereocenters. The van der Waals surface area contributed by atoms with Gasteiger partial charge in [-0.3, -0.25) is 0 Å². The fourth-order valence-electron chi connectivity index (χ4n) is 2.93. The lowest BCUT2D eigenvalue weighted by Gasteiger charge is -2.20. The second-order valence-corrected chi connectivity index (χ2v) is 6.38. The lowest BCUT2D eigenvalue weighted by atomic mass is 10.1. The Morgan fingerprint density at radius 1 is 1.25 bits per heavy atom. The Hall–Kier alpha value is -3.35. The molecule has 7 heteroatoms. The van der Waals surface area contributed by atoms with E-state index >= 15 is 0 Å².